The highest BCUT2D eigenvalue weighted by Gasteiger charge is 2.57. The molecule has 10 atom stereocenters. The summed E-state index contributed by atoms with van der Waals surface area (Å²) in [7, 11) is 0. The van der Waals surface area contributed by atoms with Gasteiger partial charge in [-0.15, -0.1) is 0 Å². The van der Waals surface area contributed by atoms with Crippen molar-refractivity contribution in [2.45, 2.75) is 61.4 Å². The molecule has 112 heavy (non-hydrogen) atoms. The van der Waals surface area contributed by atoms with E-state index >= 15 is 9.59 Å². The van der Waals surface area contributed by atoms with Gasteiger partial charge in [0, 0.05) is 27.8 Å². The van der Waals surface area contributed by atoms with Gasteiger partial charge in [-0.25, -0.2) is 38.4 Å². The predicted octanol–water partition coefficient (Wildman–Crippen LogP) is 1.75. The van der Waals surface area contributed by atoms with Crippen molar-refractivity contribution < 1.29 is 218 Å². The van der Waals surface area contributed by atoms with Gasteiger partial charge < -0.3 is 180 Å². The van der Waals surface area contributed by atoms with Crippen molar-refractivity contribution in [3.63, 3.8) is 0 Å². The molecule has 0 bridgehead atoms. The molecule has 5 heterocycles. The standard InChI is InChI=1S/C68H48O44/c69-19-1-12(2-20(70)37(19)77)60(94)112-68-58-57(110-64(98)17-8-25(75)41(81)46(86)32(17)33-18(65(99)111-58)9-26(76)42(82)47(33)87)54-29(106-68)11-103-62(96)15-6-23(73)43(83)48(88)34(15)35-36(66(100)108-54)55(51(91)50(90)49(35)89)104-27-4-13(3-21(71)38(27)78)59(93)109-56-52(92)53-28(105-67(56)101)10-102-61(95)14-5-22(72)39(79)44(84)30(14)31-16(63(97)107-53)7-24(74)40(80)45(31)85/h1-9,28-29,52-54,56-58,67-92,101H,10-11H2/t28-,29-,52+,53-,54-,56-,57+,58-,67?,68+/m1/s1. The van der Waals surface area contributed by atoms with E-state index in [4.69, 9.17) is 52.1 Å². The summed E-state index contributed by atoms with van der Waals surface area (Å²) in [4.78, 5) is 117. The number of phenolic OH excluding ortho intramolecular Hbond substituents is 23. The lowest BCUT2D eigenvalue weighted by atomic mass is 9.90. The number of ether oxygens (including phenoxy) is 11. The molecule has 44 nitrogen and oxygen atoms in total. The average Bonchev–Trinajstić information content (AvgIpc) is 1.01. The van der Waals surface area contributed by atoms with E-state index in [1.807, 2.05) is 0 Å². The van der Waals surface area contributed by atoms with Crippen LogP contribution in [-0.4, -0.2) is 250 Å². The Kier molecular flexibility index (Phi) is 18.1. The van der Waals surface area contributed by atoms with Gasteiger partial charge >= 0.3 is 47.8 Å². The third kappa shape index (κ3) is 12.0. The van der Waals surface area contributed by atoms with Crippen molar-refractivity contribution in [1.29, 1.82) is 0 Å². The first kappa shape index (κ1) is 74.8. The Hall–Kier alpha value is -15.4. The number of esters is 8. The molecule has 8 aromatic carbocycles. The summed E-state index contributed by atoms with van der Waals surface area (Å²) in [6.45, 7) is -2.76. The summed E-state index contributed by atoms with van der Waals surface area (Å²) in [5, 5.41) is 276. The van der Waals surface area contributed by atoms with Gasteiger partial charge in [-0.05, 0) is 54.6 Å². The maximum Gasteiger partial charge on any atom is 0.343 e. The summed E-state index contributed by atoms with van der Waals surface area (Å²) >= 11 is 0. The van der Waals surface area contributed by atoms with Crippen LogP contribution in [-0.2, 0) is 47.4 Å². The van der Waals surface area contributed by atoms with Crippen LogP contribution in [0.15, 0.2) is 54.6 Å². The first-order chi connectivity index (χ1) is 52.7. The van der Waals surface area contributed by atoms with Gasteiger partial charge in [-0.2, -0.15) is 0 Å². The molecule has 13 rings (SSSR count). The van der Waals surface area contributed by atoms with E-state index in [2.05, 4.69) is 0 Å². The normalized spacial score (nSPS) is 21.3. The Balaban J connectivity index is 0.922. The van der Waals surface area contributed by atoms with Gasteiger partial charge in [0.2, 0.25) is 58.4 Å². The van der Waals surface area contributed by atoms with Crippen LogP contribution in [0.3, 0.4) is 0 Å². The first-order valence-corrected chi connectivity index (χ1v) is 31.2. The van der Waals surface area contributed by atoms with Crippen LogP contribution in [0.5, 0.6) is 144 Å². The fourth-order valence-corrected chi connectivity index (χ4v) is 12.5. The molecule has 2 saturated heterocycles. The Bertz CT molecular complexity index is 5480. The molecule has 8 aromatic rings. The molecule has 0 amide bonds. The van der Waals surface area contributed by atoms with Crippen molar-refractivity contribution in [1.82, 2.24) is 0 Å². The summed E-state index contributed by atoms with van der Waals surface area (Å²) in [6, 6.07) is 3.18. The van der Waals surface area contributed by atoms with Gasteiger partial charge in [0.15, 0.2) is 128 Å². The molecule has 0 saturated carbocycles. The molecule has 584 valence electrons. The summed E-state index contributed by atoms with van der Waals surface area (Å²) < 4.78 is 61.5. The number of cyclic esters (lactones) is 2. The molecule has 0 aliphatic carbocycles. The SMILES string of the molecule is O=C(O[C@@H]1O[C@@H]2COC(=O)c3cc(O)c(O)c(O)c3-c3c(O)c(O)c(O)c(Oc4cc(C(=O)O[C@H]5C(O)O[C@@H]6COC(=O)c7cc(O)c(O)c(O)c7-c7c(cc(O)c(O)c7O)C(=O)O[C@H]6[C@@H]5O)cc(O)c4O)c3C(=O)O[C@H]2[C@@H]2OC(=O)c3cc(O)c(O)c(O)c3-c3c(cc(O)c(O)c3O)C(=O)O[C@@H]12)c1cc(O)c(O)c(O)c1. The van der Waals surface area contributed by atoms with Crippen LogP contribution in [0.25, 0.3) is 33.4 Å². The average molecular weight is 1570 g/mol. The number of aromatic hydroxyl groups is 23. The van der Waals surface area contributed by atoms with E-state index in [-0.39, 0.29) is 12.1 Å². The van der Waals surface area contributed by atoms with Gasteiger partial charge in [0.25, 0.3) is 0 Å². The van der Waals surface area contributed by atoms with Crippen molar-refractivity contribution in [3.05, 3.63) is 99.1 Å². The maximum atomic E-state index is 15.8. The second-order valence-electron chi connectivity index (χ2n) is 24.6. The minimum atomic E-state index is -2.89. The molecule has 5 aliphatic rings. The Labute approximate surface area is 614 Å². The smallest absolute Gasteiger partial charge is 0.343 e. The monoisotopic (exact) mass is 1570 g/mol. The summed E-state index contributed by atoms with van der Waals surface area (Å²) in [5.41, 5.74) is -17.6. The zero-order valence-electron chi connectivity index (χ0n) is 54.8. The quantitative estimate of drug-likeness (QED) is 0.0640. The molecule has 44 heteroatoms. The van der Waals surface area contributed by atoms with Crippen LogP contribution < -0.4 is 4.74 Å². The Morgan fingerprint density at radius 1 is 0.312 bits per heavy atom. The third-order valence-corrected chi connectivity index (χ3v) is 17.9. The van der Waals surface area contributed by atoms with E-state index in [0.717, 1.165) is 0 Å². The second kappa shape index (κ2) is 27.1. The van der Waals surface area contributed by atoms with Crippen molar-refractivity contribution in [3.8, 4) is 177 Å². The Morgan fingerprint density at radius 2 is 0.652 bits per heavy atom. The van der Waals surface area contributed by atoms with Gasteiger partial charge in [-0.3, -0.25) is 0 Å². The fourth-order valence-electron chi connectivity index (χ4n) is 12.5. The lowest BCUT2D eigenvalue weighted by Gasteiger charge is -2.44. The molecule has 25 N–H and O–H groups in total. The Morgan fingerprint density at radius 3 is 1.09 bits per heavy atom. The number of carbonyl (C=O) groups excluding carboxylic acids is 8. The number of hydrogen-bond acceptors (Lipinski definition) is 44. The zero-order valence-corrected chi connectivity index (χ0v) is 54.8. The molecule has 1 unspecified atom stereocenters. The van der Waals surface area contributed by atoms with Gasteiger partial charge in [-0.1, -0.05) is 0 Å². The van der Waals surface area contributed by atoms with Crippen LogP contribution in [0.1, 0.15) is 82.9 Å². The van der Waals surface area contributed by atoms with Crippen molar-refractivity contribution >= 4 is 47.8 Å². The van der Waals surface area contributed by atoms with Crippen molar-refractivity contribution in [2.75, 3.05) is 13.2 Å². The van der Waals surface area contributed by atoms with Crippen LogP contribution in [0.2, 0.25) is 0 Å². The number of carbonyl (C=O) groups is 8. The van der Waals surface area contributed by atoms with E-state index in [1.54, 1.807) is 0 Å². The minimum Gasteiger partial charge on any atom is -0.504 e. The minimum absolute atomic E-state index is 0.250. The highest BCUT2D eigenvalue weighted by molar-refractivity contribution is 6.12. The number of fused-ring (bicyclic) bond motifs is 13. The number of benzene rings is 8. The summed E-state index contributed by atoms with van der Waals surface area (Å²) in [6.07, 6.45) is -26.3. The molecule has 2 fully saturated rings. The lowest BCUT2D eigenvalue weighted by Crippen LogP contribution is -2.63. The lowest BCUT2D eigenvalue weighted by molar-refractivity contribution is -0.284. The topological polar surface area (TPSA) is 744 Å². The molecular weight excluding hydrogens is 1520 g/mol. The number of phenols is 23. The van der Waals surface area contributed by atoms with Gasteiger partial charge in [0.05, 0.1) is 44.5 Å². The van der Waals surface area contributed by atoms with Crippen LogP contribution in [0.4, 0.5) is 0 Å². The number of aliphatic hydroxyl groups is 2. The predicted molar refractivity (Wildman–Crippen MR) is 344 cm³/mol. The van der Waals surface area contributed by atoms with Crippen LogP contribution in [0, 0.1) is 0 Å². The zero-order chi connectivity index (χ0) is 81.5. The maximum absolute atomic E-state index is 15.8. The third-order valence-electron chi connectivity index (χ3n) is 17.9. The molecule has 5 aliphatic heterocycles. The number of aliphatic hydroxyl groups excluding tert-OH is 2. The van der Waals surface area contributed by atoms with Crippen molar-refractivity contribution in [2.24, 2.45) is 0 Å². The largest absolute Gasteiger partial charge is 0.504 e. The first-order valence-electron chi connectivity index (χ1n) is 31.2. The molecule has 0 aromatic heterocycles. The molecular formula is C68H48O44. The highest BCUT2D eigenvalue weighted by atomic mass is 16.8. The van der Waals surface area contributed by atoms with E-state index in [0.29, 0.717) is 42.5 Å². The summed E-state index contributed by atoms with van der Waals surface area (Å²) in [5.74, 6) is -53.4. The van der Waals surface area contributed by atoms with Crippen LogP contribution >= 0.6 is 0 Å². The fraction of sp³-hybridized carbons (Fsp3) is 0.176. The highest BCUT2D eigenvalue weighted by Crippen LogP contribution is 2.60. The van der Waals surface area contributed by atoms with E-state index < -0.39 is 344 Å². The number of rotatable bonds is 6. The van der Waals surface area contributed by atoms with Gasteiger partial charge in [0.1, 0.15) is 37.1 Å². The second-order valence-corrected chi connectivity index (χ2v) is 24.6. The molecule has 0 radical (unpaired) electrons. The molecule has 0 spiro atoms. The number of hydrogen-bond donors (Lipinski definition) is 25. The van der Waals surface area contributed by atoms with E-state index in [1.165, 1.54) is 0 Å². The van der Waals surface area contributed by atoms with E-state index in [9.17, 15) is 156 Å².